The van der Waals surface area contributed by atoms with Crippen LogP contribution in [0, 0.1) is 0 Å². The maximum Gasteiger partial charge on any atom is 0.280 e. The predicted octanol–water partition coefficient (Wildman–Crippen LogP) is 2.14. The van der Waals surface area contributed by atoms with Gasteiger partial charge in [0.15, 0.2) is 5.01 Å². The van der Waals surface area contributed by atoms with Crippen LogP contribution in [0.15, 0.2) is 18.6 Å². The third-order valence-corrected chi connectivity index (χ3v) is 3.41. The number of hydrogen-bond donors (Lipinski definition) is 1. The number of carbonyl (C=O) groups excluding carboxylic acids is 1. The van der Waals surface area contributed by atoms with E-state index in [9.17, 15) is 4.79 Å². The van der Waals surface area contributed by atoms with E-state index >= 15 is 0 Å². The summed E-state index contributed by atoms with van der Waals surface area (Å²) in [6, 6.07) is 0. The molecular weight excluding hydrogens is 276 g/mol. The summed E-state index contributed by atoms with van der Waals surface area (Å²) in [6.07, 6.45) is 5.71. The molecule has 0 aliphatic rings. The van der Waals surface area contributed by atoms with Crippen molar-refractivity contribution in [3.63, 3.8) is 0 Å². The first-order chi connectivity index (χ1) is 9.74. The highest BCUT2D eigenvalue weighted by atomic mass is 32.1. The van der Waals surface area contributed by atoms with Gasteiger partial charge >= 0.3 is 0 Å². The van der Waals surface area contributed by atoms with Crippen LogP contribution in [-0.4, -0.2) is 34.0 Å². The Balaban J connectivity index is 2.15. The SMILES string of the molecule is CCCNC(=O)c1ncc(-c2cncc(OCC)n2)s1. The molecule has 0 spiro atoms. The summed E-state index contributed by atoms with van der Waals surface area (Å²) in [5, 5.41) is 3.22. The quantitative estimate of drug-likeness (QED) is 0.882. The molecule has 2 aromatic heterocycles. The molecule has 0 aromatic carbocycles. The van der Waals surface area contributed by atoms with Crippen LogP contribution in [0.5, 0.6) is 5.88 Å². The van der Waals surface area contributed by atoms with Gasteiger partial charge in [0.1, 0.15) is 5.69 Å². The normalized spacial score (nSPS) is 10.3. The average molecular weight is 292 g/mol. The molecular formula is C13H16N4O2S. The van der Waals surface area contributed by atoms with E-state index in [2.05, 4.69) is 20.3 Å². The summed E-state index contributed by atoms with van der Waals surface area (Å²) < 4.78 is 5.31. The van der Waals surface area contributed by atoms with E-state index in [1.54, 1.807) is 18.6 Å². The van der Waals surface area contributed by atoms with Gasteiger partial charge in [0.05, 0.1) is 23.9 Å². The Morgan fingerprint density at radius 2 is 2.20 bits per heavy atom. The number of hydrogen-bond acceptors (Lipinski definition) is 6. The maximum absolute atomic E-state index is 11.8. The molecule has 2 aromatic rings. The fourth-order valence-electron chi connectivity index (χ4n) is 1.50. The van der Waals surface area contributed by atoms with Gasteiger partial charge in [-0.2, -0.15) is 0 Å². The van der Waals surface area contributed by atoms with Gasteiger partial charge in [-0.1, -0.05) is 6.92 Å². The number of rotatable bonds is 6. The number of ether oxygens (including phenoxy) is 1. The van der Waals surface area contributed by atoms with Crippen molar-refractivity contribution in [2.45, 2.75) is 20.3 Å². The van der Waals surface area contributed by atoms with Crippen molar-refractivity contribution in [2.24, 2.45) is 0 Å². The molecule has 0 saturated carbocycles. The Bertz CT molecular complexity index is 585. The van der Waals surface area contributed by atoms with Crippen molar-refractivity contribution >= 4 is 17.2 Å². The lowest BCUT2D eigenvalue weighted by Gasteiger charge is -2.02. The zero-order valence-corrected chi connectivity index (χ0v) is 12.2. The highest BCUT2D eigenvalue weighted by Gasteiger charge is 2.12. The van der Waals surface area contributed by atoms with E-state index in [-0.39, 0.29) is 5.91 Å². The molecule has 0 saturated heterocycles. The molecule has 2 rings (SSSR count). The minimum Gasteiger partial charge on any atom is -0.477 e. The molecule has 0 radical (unpaired) electrons. The number of nitrogens with zero attached hydrogens (tertiary/aromatic N) is 3. The van der Waals surface area contributed by atoms with Crippen molar-refractivity contribution in [3.8, 4) is 16.5 Å². The fourth-order valence-corrected chi connectivity index (χ4v) is 2.28. The number of thiazole rings is 1. The Morgan fingerprint density at radius 1 is 1.35 bits per heavy atom. The minimum atomic E-state index is -0.156. The second-order valence-electron chi connectivity index (χ2n) is 3.96. The Morgan fingerprint density at radius 3 is 2.95 bits per heavy atom. The first-order valence-electron chi connectivity index (χ1n) is 6.43. The second-order valence-corrected chi connectivity index (χ2v) is 4.99. The zero-order chi connectivity index (χ0) is 14.4. The lowest BCUT2D eigenvalue weighted by atomic mass is 10.4. The summed E-state index contributed by atoms with van der Waals surface area (Å²) in [4.78, 5) is 25.1. The maximum atomic E-state index is 11.8. The van der Waals surface area contributed by atoms with Crippen LogP contribution in [0.3, 0.4) is 0 Å². The van der Waals surface area contributed by atoms with Crippen LogP contribution >= 0.6 is 11.3 Å². The average Bonchev–Trinajstić information content (AvgIpc) is 2.95. The lowest BCUT2D eigenvalue weighted by Crippen LogP contribution is -2.23. The van der Waals surface area contributed by atoms with E-state index in [0.717, 1.165) is 11.3 Å². The Labute approximate surface area is 121 Å². The highest BCUT2D eigenvalue weighted by molar-refractivity contribution is 7.16. The zero-order valence-electron chi connectivity index (χ0n) is 11.4. The van der Waals surface area contributed by atoms with Crippen LogP contribution in [-0.2, 0) is 0 Å². The van der Waals surface area contributed by atoms with E-state index in [1.165, 1.54) is 11.3 Å². The standard InChI is InChI=1S/C13H16N4O2S/c1-3-5-15-12(18)13-16-7-10(20-13)9-6-14-8-11(17-9)19-4-2/h6-8H,3-5H2,1-2H3,(H,15,18). The Kier molecular flexibility index (Phi) is 5.00. The number of carbonyl (C=O) groups is 1. The molecule has 0 unspecified atom stereocenters. The molecule has 1 N–H and O–H groups in total. The van der Waals surface area contributed by atoms with Crippen molar-refractivity contribution in [2.75, 3.05) is 13.2 Å². The van der Waals surface area contributed by atoms with Gasteiger partial charge in [-0.05, 0) is 13.3 Å². The van der Waals surface area contributed by atoms with E-state index < -0.39 is 0 Å². The first-order valence-corrected chi connectivity index (χ1v) is 7.25. The Hall–Kier alpha value is -2.02. The van der Waals surface area contributed by atoms with E-state index in [1.807, 2.05) is 13.8 Å². The van der Waals surface area contributed by atoms with Crippen LogP contribution < -0.4 is 10.1 Å². The number of aromatic nitrogens is 3. The molecule has 7 heteroatoms. The molecule has 2 heterocycles. The lowest BCUT2D eigenvalue weighted by molar-refractivity contribution is 0.0953. The third kappa shape index (κ3) is 3.51. The van der Waals surface area contributed by atoms with Crippen LogP contribution in [0.4, 0.5) is 0 Å². The van der Waals surface area contributed by atoms with Crippen LogP contribution in [0.25, 0.3) is 10.6 Å². The molecule has 106 valence electrons. The van der Waals surface area contributed by atoms with Gasteiger partial charge in [0, 0.05) is 12.7 Å². The largest absolute Gasteiger partial charge is 0.477 e. The van der Waals surface area contributed by atoms with Crippen LogP contribution in [0.1, 0.15) is 30.1 Å². The molecule has 0 aliphatic heterocycles. The van der Waals surface area contributed by atoms with Gasteiger partial charge in [0.25, 0.3) is 5.91 Å². The second kappa shape index (κ2) is 6.95. The number of amides is 1. The first kappa shape index (κ1) is 14.4. The number of nitrogens with one attached hydrogen (secondary N) is 1. The van der Waals surface area contributed by atoms with Gasteiger partial charge < -0.3 is 10.1 Å². The van der Waals surface area contributed by atoms with Gasteiger partial charge in [-0.3, -0.25) is 9.78 Å². The summed E-state index contributed by atoms with van der Waals surface area (Å²) in [5.41, 5.74) is 0.656. The molecule has 20 heavy (non-hydrogen) atoms. The molecule has 6 nitrogen and oxygen atoms in total. The molecule has 0 atom stereocenters. The van der Waals surface area contributed by atoms with Gasteiger partial charge in [-0.25, -0.2) is 9.97 Å². The van der Waals surface area contributed by atoms with E-state index in [0.29, 0.717) is 29.7 Å². The molecule has 0 fully saturated rings. The van der Waals surface area contributed by atoms with Crippen molar-refractivity contribution < 1.29 is 9.53 Å². The predicted molar refractivity (Wildman–Crippen MR) is 76.9 cm³/mol. The summed E-state index contributed by atoms with van der Waals surface area (Å²) in [7, 11) is 0. The monoisotopic (exact) mass is 292 g/mol. The van der Waals surface area contributed by atoms with Crippen molar-refractivity contribution in [1.82, 2.24) is 20.3 Å². The topological polar surface area (TPSA) is 77.0 Å². The molecule has 1 amide bonds. The third-order valence-electron chi connectivity index (χ3n) is 2.39. The summed E-state index contributed by atoms with van der Waals surface area (Å²) in [6.45, 7) is 5.07. The van der Waals surface area contributed by atoms with Gasteiger partial charge in [0.2, 0.25) is 5.88 Å². The fraction of sp³-hybridized carbons (Fsp3) is 0.385. The van der Waals surface area contributed by atoms with E-state index in [4.69, 9.17) is 4.74 Å². The minimum absolute atomic E-state index is 0.156. The highest BCUT2D eigenvalue weighted by Crippen LogP contribution is 2.25. The van der Waals surface area contributed by atoms with Gasteiger partial charge in [-0.15, -0.1) is 11.3 Å². The molecule has 0 bridgehead atoms. The van der Waals surface area contributed by atoms with Crippen molar-refractivity contribution in [3.05, 3.63) is 23.6 Å². The van der Waals surface area contributed by atoms with Crippen molar-refractivity contribution in [1.29, 1.82) is 0 Å². The van der Waals surface area contributed by atoms with Crippen LogP contribution in [0.2, 0.25) is 0 Å². The smallest absolute Gasteiger partial charge is 0.280 e. The molecule has 0 aliphatic carbocycles. The summed E-state index contributed by atoms with van der Waals surface area (Å²) >= 11 is 1.29. The summed E-state index contributed by atoms with van der Waals surface area (Å²) in [5.74, 6) is 0.312.